The fourth-order valence-electron chi connectivity index (χ4n) is 2.76. The van der Waals surface area contributed by atoms with Crippen molar-refractivity contribution in [3.63, 3.8) is 0 Å². The maximum absolute atomic E-state index is 9.51. The van der Waals surface area contributed by atoms with E-state index in [1.165, 1.54) is 38.5 Å². The summed E-state index contributed by atoms with van der Waals surface area (Å²) < 4.78 is 0. The van der Waals surface area contributed by atoms with Gasteiger partial charge in [-0.25, -0.2) is 0 Å². The lowest BCUT2D eigenvalue weighted by Gasteiger charge is -2.30. The highest BCUT2D eigenvalue weighted by Crippen LogP contribution is 2.48. The number of aliphatic hydroxyl groups is 1. The van der Waals surface area contributed by atoms with Crippen molar-refractivity contribution in [1.82, 2.24) is 5.32 Å². The average Bonchev–Trinajstić information content (AvgIpc) is 2.84. The van der Waals surface area contributed by atoms with Crippen LogP contribution in [0.3, 0.4) is 0 Å². The van der Waals surface area contributed by atoms with Crippen LogP contribution in [0.1, 0.15) is 52.4 Å². The topological polar surface area (TPSA) is 32.3 Å². The van der Waals surface area contributed by atoms with Gasteiger partial charge in [-0.3, -0.25) is 0 Å². The molecule has 0 aromatic heterocycles. The first-order valence-electron chi connectivity index (χ1n) is 6.45. The minimum Gasteiger partial charge on any atom is -0.396 e. The van der Waals surface area contributed by atoms with Crippen molar-refractivity contribution in [2.75, 3.05) is 13.2 Å². The molecule has 0 aliphatic heterocycles. The normalized spacial score (nSPS) is 29.0. The van der Waals surface area contributed by atoms with Gasteiger partial charge in [0.05, 0.1) is 0 Å². The van der Waals surface area contributed by atoms with Crippen molar-refractivity contribution >= 4 is 0 Å². The molecule has 2 rings (SSSR count). The van der Waals surface area contributed by atoms with Gasteiger partial charge in [0.15, 0.2) is 0 Å². The standard InChI is InChI=1S/C13H25NO/c1-11(12(2)7-8-12)14-9-13(10-15)5-3-4-6-13/h11,14-15H,3-10H2,1-2H3. The Labute approximate surface area is 93.5 Å². The highest BCUT2D eigenvalue weighted by molar-refractivity contribution is 4.98. The Kier molecular flexibility index (Phi) is 3.09. The molecular formula is C13H25NO. The van der Waals surface area contributed by atoms with Crippen LogP contribution < -0.4 is 5.32 Å². The zero-order chi connectivity index (χ0) is 10.9. The molecule has 15 heavy (non-hydrogen) atoms. The van der Waals surface area contributed by atoms with Gasteiger partial charge >= 0.3 is 0 Å². The summed E-state index contributed by atoms with van der Waals surface area (Å²) in [5.74, 6) is 0. The molecule has 0 aromatic rings. The average molecular weight is 211 g/mol. The summed E-state index contributed by atoms with van der Waals surface area (Å²) in [5, 5.41) is 13.2. The molecule has 88 valence electrons. The van der Waals surface area contributed by atoms with E-state index in [-0.39, 0.29) is 5.41 Å². The summed E-state index contributed by atoms with van der Waals surface area (Å²) in [6, 6.07) is 0.613. The third kappa shape index (κ3) is 2.36. The van der Waals surface area contributed by atoms with Crippen LogP contribution in [0.5, 0.6) is 0 Å². The molecule has 0 spiro atoms. The Morgan fingerprint density at radius 3 is 2.27 bits per heavy atom. The molecule has 2 nitrogen and oxygen atoms in total. The Bertz CT molecular complexity index is 217. The van der Waals surface area contributed by atoms with E-state index in [0.717, 1.165) is 6.54 Å². The Hall–Kier alpha value is -0.0800. The second-order valence-corrected chi connectivity index (χ2v) is 6.12. The maximum atomic E-state index is 9.51. The SMILES string of the molecule is CC(NCC1(CO)CCCC1)C1(C)CC1. The molecule has 1 atom stereocenters. The Morgan fingerprint density at radius 1 is 1.20 bits per heavy atom. The van der Waals surface area contributed by atoms with Gasteiger partial charge in [-0.05, 0) is 38.0 Å². The van der Waals surface area contributed by atoms with Crippen molar-refractivity contribution < 1.29 is 5.11 Å². The van der Waals surface area contributed by atoms with Gasteiger partial charge in [-0.1, -0.05) is 19.8 Å². The van der Waals surface area contributed by atoms with E-state index < -0.39 is 0 Å². The maximum Gasteiger partial charge on any atom is 0.0499 e. The fourth-order valence-corrected chi connectivity index (χ4v) is 2.76. The van der Waals surface area contributed by atoms with E-state index in [1.807, 2.05) is 0 Å². The molecule has 0 heterocycles. The molecule has 0 aromatic carbocycles. The smallest absolute Gasteiger partial charge is 0.0499 e. The molecular weight excluding hydrogens is 186 g/mol. The summed E-state index contributed by atoms with van der Waals surface area (Å²) >= 11 is 0. The van der Waals surface area contributed by atoms with Crippen LogP contribution in [-0.2, 0) is 0 Å². The molecule has 1 unspecified atom stereocenters. The second kappa shape index (κ2) is 4.06. The van der Waals surface area contributed by atoms with Gasteiger partial charge in [-0.15, -0.1) is 0 Å². The second-order valence-electron chi connectivity index (χ2n) is 6.12. The molecule has 2 heteroatoms. The monoisotopic (exact) mass is 211 g/mol. The summed E-state index contributed by atoms with van der Waals surface area (Å²) in [6.07, 6.45) is 7.75. The number of rotatable bonds is 5. The van der Waals surface area contributed by atoms with E-state index in [1.54, 1.807) is 0 Å². The Balaban J connectivity index is 1.80. The largest absolute Gasteiger partial charge is 0.396 e. The van der Waals surface area contributed by atoms with Crippen molar-refractivity contribution in [3.05, 3.63) is 0 Å². The highest BCUT2D eigenvalue weighted by Gasteiger charge is 2.43. The molecule has 0 radical (unpaired) electrons. The van der Waals surface area contributed by atoms with E-state index in [9.17, 15) is 5.11 Å². The van der Waals surface area contributed by atoms with Crippen LogP contribution in [-0.4, -0.2) is 24.3 Å². The van der Waals surface area contributed by atoms with Crippen LogP contribution in [0, 0.1) is 10.8 Å². The molecule has 0 saturated heterocycles. The van der Waals surface area contributed by atoms with Crippen LogP contribution in [0.4, 0.5) is 0 Å². The first kappa shape index (κ1) is 11.4. The number of hydrogen-bond donors (Lipinski definition) is 2. The van der Waals surface area contributed by atoms with E-state index in [0.29, 0.717) is 18.1 Å². The lowest BCUT2D eigenvalue weighted by molar-refractivity contribution is 0.121. The minimum atomic E-state index is 0.208. The van der Waals surface area contributed by atoms with Gasteiger partial charge in [0.1, 0.15) is 0 Å². The Morgan fingerprint density at radius 2 is 1.80 bits per heavy atom. The number of aliphatic hydroxyl groups excluding tert-OH is 1. The van der Waals surface area contributed by atoms with Gasteiger partial charge < -0.3 is 10.4 Å². The highest BCUT2D eigenvalue weighted by atomic mass is 16.3. The third-order valence-electron chi connectivity index (χ3n) is 4.87. The van der Waals surface area contributed by atoms with Crippen molar-refractivity contribution in [3.8, 4) is 0 Å². The van der Waals surface area contributed by atoms with Gasteiger partial charge in [0, 0.05) is 24.6 Å². The lowest BCUT2D eigenvalue weighted by Crippen LogP contribution is -2.42. The molecule has 2 N–H and O–H groups in total. The summed E-state index contributed by atoms with van der Waals surface area (Å²) in [6.45, 7) is 6.04. The molecule has 2 saturated carbocycles. The molecule has 0 amide bonds. The van der Waals surface area contributed by atoms with Crippen molar-refractivity contribution in [1.29, 1.82) is 0 Å². The summed E-state index contributed by atoms with van der Waals surface area (Å²) in [5.41, 5.74) is 0.759. The van der Waals surface area contributed by atoms with Gasteiger partial charge in [0.25, 0.3) is 0 Å². The van der Waals surface area contributed by atoms with Crippen LogP contribution in [0.25, 0.3) is 0 Å². The van der Waals surface area contributed by atoms with E-state index in [4.69, 9.17) is 0 Å². The van der Waals surface area contributed by atoms with Crippen LogP contribution in [0.2, 0.25) is 0 Å². The zero-order valence-corrected chi connectivity index (χ0v) is 10.2. The molecule has 0 bridgehead atoms. The van der Waals surface area contributed by atoms with E-state index in [2.05, 4.69) is 19.2 Å². The molecule has 2 fully saturated rings. The first-order valence-corrected chi connectivity index (χ1v) is 6.45. The number of hydrogen-bond acceptors (Lipinski definition) is 2. The minimum absolute atomic E-state index is 0.208. The quantitative estimate of drug-likeness (QED) is 0.731. The van der Waals surface area contributed by atoms with Crippen molar-refractivity contribution in [2.24, 2.45) is 10.8 Å². The molecule has 2 aliphatic rings. The summed E-state index contributed by atoms with van der Waals surface area (Å²) in [7, 11) is 0. The predicted octanol–water partition coefficient (Wildman–Crippen LogP) is 2.32. The van der Waals surface area contributed by atoms with Crippen LogP contribution >= 0.6 is 0 Å². The first-order chi connectivity index (χ1) is 7.10. The van der Waals surface area contributed by atoms with Gasteiger partial charge in [-0.2, -0.15) is 0 Å². The van der Waals surface area contributed by atoms with E-state index >= 15 is 0 Å². The summed E-state index contributed by atoms with van der Waals surface area (Å²) in [4.78, 5) is 0. The van der Waals surface area contributed by atoms with Crippen molar-refractivity contribution in [2.45, 2.75) is 58.4 Å². The van der Waals surface area contributed by atoms with Crippen LogP contribution in [0.15, 0.2) is 0 Å². The number of nitrogens with one attached hydrogen (secondary N) is 1. The molecule has 2 aliphatic carbocycles. The zero-order valence-electron chi connectivity index (χ0n) is 10.2. The third-order valence-corrected chi connectivity index (χ3v) is 4.87. The fraction of sp³-hybridized carbons (Fsp3) is 1.00. The lowest BCUT2D eigenvalue weighted by atomic mass is 9.86. The predicted molar refractivity (Wildman–Crippen MR) is 62.8 cm³/mol. The van der Waals surface area contributed by atoms with Gasteiger partial charge in [0.2, 0.25) is 0 Å².